The van der Waals surface area contributed by atoms with E-state index < -0.39 is 0 Å². The van der Waals surface area contributed by atoms with Crippen molar-refractivity contribution in [2.75, 3.05) is 37.7 Å². The summed E-state index contributed by atoms with van der Waals surface area (Å²) >= 11 is 1.62. The number of ether oxygens (including phenoxy) is 1. The fraction of sp³-hybridized carbons (Fsp3) is 0.571. The van der Waals surface area contributed by atoms with Gasteiger partial charge in [0.25, 0.3) is 0 Å². The maximum Gasteiger partial charge on any atom is 0.222 e. The molecule has 2 fully saturated rings. The molecule has 1 amide bonds. The number of amides is 1. The lowest BCUT2D eigenvalue weighted by Gasteiger charge is -2.31. The van der Waals surface area contributed by atoms with Crippen LogP contribution in [0.25, 0.3) is 10.6 Å². The van der Waals surface area contributed by atoms with Gasteiger partial charge in [-0.2, -0.15) is 0 Å². The van der Waals surface area contributed by atoms with Crippen molar-refractivity contribution in [3.05, 3.63) is 30.3 Å². The Kier molecular flexibility index (Phi) is 5.92. The van der Waals surface area contributed by atoms with Gasteiger partial charge in [-0.1, -0.05) is 55.5 Å². The molecular formula is C21H28N4O2S. The van der Waals surface area contributed by atoms with Crippen LogP contribution in [0.2, 0.25) is 0 Å². The largest absolute Gasteiger partial charge is 0.379 e. The van der Waals surface area contributed by atoms with E-state index in [1.165, 1.54) is 0 Å². The van der Waals surface area contributed by atoms with Gasteiger partial charge in [0, 0.05) is 37.5 Å². The van der Waals surface area contributed by atoms with Gasteiger partial charge >= 0.3 is 0 Å². The number of hydrogen-bond acceptors (Lipinski definition) is 6. The molecule has 0 aliphatic carbocycles. The second kappa shape index (κ2) is 8.57. The minimum Gasteiger partial charge on any atom is -0.379 e. The molecule has 0 saturated carbocycles. The quantitative estimate of drug-likeness (QED) is 0.771. The molecule has 2 aromatic rings. The predicted molar refractivity (Wildman–Crippen MR) is 111 cm³/mol. The SMILES string of the molecule is CC(C)CCC(=O)N1C[C@H]2COC[C@@H]1CN(c1nnc(-c3ccccc3)s1)C2. The second-order valence-electron chi connectivity index (χ2n) is 8.20. The summed E-state index contributed by atoms with van der Waals surface area (Å²) in [5.41, 5.74) is 1.09. The van der Waals surface area contributed by atoms with Crippen molar-refractivity contribution in [3.63, 3.8) is 0 Å². The summed E-state index contributed by atoms with van der Waals surface area (Å²) in [6, 6.07) is 10.2. The zero-order valence-electron chi connectivity index (χ0n) is 16.6. The van der Waals surface area contributed by atoms with E-state index in [0.717, 1.165) is 41.8 Å². The number of nitrogens with zero attached hydrogens (tertiary/aromatic N) is 4. The van der Waals surface area contributed by atoms with Gasteiger partial charge < -0.3 is 14.5 Å². The van der Waals surface area contributed by atoms with Gasteiger partial charge in [-0.3, -0.25) is 4.79 Å². The smallest absolute Gasteiger partial charge is 0.222 e. The Balaban J connectivity index is 1.50. The summed E-state index contributed by atoms with van der Waals surface area (Å²) in [5.74, 6) is 1.11. The summed E-state index contributed by atoms with van der Waals surface area (Å²) in [7, 11) is 0. The lowest BCUT2D eigenvalue weighted by Crippen LogP contribution is -2.46. The third-order valence-electron chi connectivity index (χ3n) is 5.43. The number of fused-ring (bicyclic) bond motifs is 3. The van der Waals surface area contributed by atoms with E-state index in [-0.39, 0.29) is 11.9 Å². The van der Waals surface area contributed by atoms with Crippen molar-refractivity contribution < 1.29 is 9.53 Å². The summed E-state index contributed by atoms with van der Waals surface area (Å²) in [4.78, 5) is 17.2. The highest BCUT2D eigenvalue weighted by Crippen LogP contribution is 2.31. The molecule has 7 heteroatoms. The van der Waals surface area contributed by atoms with Gasteiger partial charge in [-0.15, -0.1) is 10.2 Å². The van der Waals surface area contributed by atoms with Crippen LogP contribution in [0.5, 0.6) is 0 Å². The van der Waals surface area contributed by atoms with Crippen LogP contribution in [0.3, 0.4) is 0 Å². The van der Waals surface area contributed by atoms with Crippen molar-refractivity contribution in [1.82, 2.24) is 15.1 Å². The number of hydrogen-bond donors (Lipinski definition) is 0. The summed E-state index contributed by atoms with van der Waals surface area (Å²) in [6.45, 7) is 8.02. The molecule has 150 valence electrons. The Hall–Kier alpha value is -1.99. The van der Waals surface area contributed by atoms with Crippen LogP contribution in [0.15, 0.2) is 30.3 Å². The number of aromatic nitrogens is 2. The molecule has 6 nitrogen and oxygen atoms in total. The summed E-state index contributed by atoms with van der Waals surface area (Å²) < 4.78 is 5.87. The van der Waals surface area contributed by atoms with E-state index >= 15 is 0 Å². The number of rotatable bonds is 5. The monoisotopic (exact) mass is 400 g/mol. The lowest BCUT2D eigenvalue weighted by atomic mass is 10.1. The maximum absolute atomic E-state index is 12.9. The fourth-order valence-corrected chi connectivity index (χ4v) is 4.77. The molecule has 0 radical (unpaired) electrons. The highest BCUT2D eigenvalue weighted by atomic mass is 32.1. The summed E-state index contributed by atoms with van der Waals surface area (Å²) in [6.07, 6.45) is 1.56. The van der Waals surface area contributed by atoms with Crippen molar-refractivity contribution in [2.45, 2.75) is 32.7 Å². The van der Waals surface area contributed by atoms with Crippen molar-refractivity contribution in [3.8, 4) is 10.6 Å². The van der Waals surface area contributed by atoms with Gasteiger partial charge in [0.2, 0.25) is 11.0 Å². The third-order valence-corrected chi connectivity index (χ3v) is 6.46. The molecule has 4 rings (SSSR count). The first-order chi connectivity index (χ1) is 13.6. The first kappa shape index (κ1) is 19.3. The van der Waals surface area contributed by atoms with E-state index in [0.29, 0.717) is 31.5 Å². The van der Waals surface area contributed by atoms with Crippen LogP contribution in [0.4, 0.5) is 5.13 Å². The second-order valence-corrected chi connectivity index (χ2v) is 9.15. The number of anilines is 1. The van der Waals surface area contributed by atoms with Gasteiger partial charge in [-0.25, -0.2) is 0 Å². The molecular weight excluding hydrogens is 372 g/mol. The van der Waals surface area contributed by atoms with Crippen LogP contribution in [-0.2, 0) is 9.53 Å². The van der Waals surface area contributed by atoms with Gasteiger partial charge in [-0.05, 0) is 12.3 Å². The number of benzene rings is 1. The molecule has 0 unspecified atom stereocenters. The fourth-order valence-electron chi connectivity index (χ4n) is 3.90. The Bertz CT molecular complexity index is 795. The van der Waals surface area contributed by atoms with Crippen LogP contribution >= 0.6 is 11.3 Å². The Morgan fingerprint density at radius 1 is 1.18 bits per heavy atom. The van der Waals surface area contributed by atoms with Crippen molar-refractivity contribution in [2.24, 2.45) is 11.8 Å². The first-order valence-corrected chi connectivity index (χ1v) is 10.9. The van der Waals surface area contributed by atoms with Crippen molar-refractivity contribution >= 4 is 22.4 Å². The average Bonchev–Trinajstić information content (AvgIpc) is 2.99. The highest BCUT2D eigenvalue weighted by molar-refractivity contribution is 7.18. The minimum atomic E-state index is 0.0798. The molecule has 28 heavy (non-hydrogen) atoms. The Morgan fingerprint density at radius 3 is 2.79 bits per heavy atom. The Morgan fingerprint density at radius 2 is 2.00 bits per heavy atom. The Labute approximate surface area is 170 Å². The number of carbonyl (C=O) groups is 1. The first-order valence-electron chi connectivity index (χ1n) is 10.1. The molecule has 2 aliphatic heterocycles. The minimum absolute atomic E-state index is 0.0798. The normalized spacial score (nSPS) is 22.4. The third kappa shape index (κ3) is 4.36. The number of carbonyl (C=O) groups excluding carboxylic acids is 1. The molecule has 3 heterocycles. The van der Waals surface area contributed by atoms with E-state index in [1.54, 1.807) is 11.3 Å². The van der Waals surface area contributed by atoms with Crippen LogP contribution in [0.1, 0.15) is 26.7 Å². The van der Waals surface area contributed by atoms with E-state index in [2.05, 4.69) is 46.0 Å². The molecule has 2 atom stereocenters. The van der Waals surface area contributed by atoms with E-state index in [1.807, 2.05) is 18.2 Å². The van der Waals surface area contributed by atoms with E-state index in [9.17, 15) is 4.79 Å². The topological polar surface area (TPSA) is 58.6 Å². The van der Waals surface area contributed by atoms with Gasteiger partial charge in [0.1, 0.15) is 5.01 Å². The molecule has 0 spiro atoms. The molecule has 1 aromatic carbocycles. The maximum atomic E-state index is 12.9. The zero-order valence-corrected chi connectivity index (χ0v) is 17.4. The van der Waals surface area contributed by atoms with Crippen LogP contribution in [0, 0.1) is 11.8 Å². The molecule has 2 aliphatic rings. The molecule has 1 aromatic heterocycles. The van der Waals surface area contributed by atoms with E-state index in [4.69, 9.17) is 4.74 Å². The van der Waals surface area contributed by atoms with Gasteiger partial charge in [0.15, 0.2) is 0 Å². The molecule has 0 N–H and O–H groups in total. The molecule has 2 bridgehead atoms. The molecule has 2 saturated heterocycles. The lowest BCUT2D eigenvalue weighted by molar-refractivity contribution is -0.133. The standard InChI is InChI=1S/C21H28N4O2S/c1-15(2)8-9-19(26)25-11-16-10-24(12-18(25)14-27-13-16)21-23-22-20(28-21)17-6-4-3-5-7-17/h3-7,15-16,18H,8-14H2,1-2H3/t16-,18-/m0/s1. The highest BCUT2D eigenvalue weighted by Gasteiger charge is 2.36. The zero-order chi connectivity index (χ0) is 19.5. The van der Waals surface area contributed by atoms with Crippen LogP contribution in [-0.4, -0.2) is 59.9 Å². The van der Waals surface area contributed by atoms with Crippen LogP contribution < -0.4 is 4.90 Å². The average molecular weight is 401 g/mol. The predicted octanol–water partition coefficient (Wildman–Crippen LogP) is 3.30. The summed E-state index contributed by atoms with van der Waals surface area (Å²) in [5, 5.41) is 10.7. The van der Waals surface area contributed by atoms with Crippen molar-refractivity contribution in [1.29, 1.82) is 0 Å². The van der Waals surface area contributed by atoms with Gasteiger partial charge in [0.05, 0.1) is 19.3 Å².